The molecule has 2 rings (SSSR count). The lowest BCUT2D eigenvalue weighted by Gasteiger charge is -2.19. The molecule has 2 aromatic rings. The molecule has 0 saturated heterocycles. The maximum atomic E-state index is 12.9. The maximum Gasteiger partial charge on any atom is 0.461 e. The lowest BCUT2D eigenvalue weighted by Crippen LogP contribution is -2.50. The number of rotatable bonds is 5. The normalized spacial score (nSPS) is 12.4. The van der Waals surface area contributed by atoms with Gasteiger partial charge in [-0.25, -0.2) is 23.5 Å². The van der Waals surface area contributed by atoms with Crippen molar-refractivity contribution in [1.29, 1.82) is 0 Å². The van der Waals surface area contributed by atoms with E-state index in [0.29, 0.717) is 4.57 Å². The van der Waals surface area contributed by atoms with E-state index in [1.807, 2.05) is 4.98 Å². The summed E-state index contributed by atoms with van der Waals surface area (Å²) in [6.07, 6.45) is -8.71. The quantitative estimate of drug-likeness (QED) is 0.790. The molecule has 0 bridgehead atoms. The molecule has 0 unspecified atom stereocenters. The summed E-state index contributed by atoms with van der Waals surface area (Å²) in [6, 6.07) is 3.91. The Balaban J connectivity index is 2.47. The molecule has 1 N–H and O–H groups in total. The molecule has 148 valence electrons. The summed E-state index contributed by atoms with van der Waals surface area (Å²) in [5, 5.41) is 0. The number of nitrogens with zero attached hydrogens (tertiary/aromatic N) is 2. The van der Waals surface area contributed by atoms with Crippen molar-refractivity contribution >= 4 is 0 Å². The van der Waals surface area contributed by atoms with Crippen LogP contribution in [0.2, 0.25) is 0 Å². The van der Waals surface area contributed by atoms with Gasteiger partial charge in [-0.1, -0.05) is 20.8 Å². The largest absolute Gasteiger partial charge is 0.461 e. The Morgan fingerprint density at radius 3 is 2.07 bits per heavy atom. The summed E-state index contributed by atoms with van der Waals surface area (Å²) in [6.45, 7) is 5.36. The molecule has 11 heteroatoms. The Labute approximate surface area is 149 Å². The second-order valence-electron chi connectivity index (χ2n) is 6.96. The number of alkyl halides is 4. The average Bonchev–Trinajstić information content (AvgIpc) is 2.51. The molecule has 0 aliphatic rings. The fourth-order valence-electron chi connectivity index (χ4n) is 2.22. The smallest absolute Gasteiger partial charge is 0.428 e. The number of aromatic amines is 1. The van der Waals surface area contributed by atoms with E-state index < -0.39 is 40.8 Å². The molecule has 0 saturated carbocycles. The van der Waals surface area contributed by atoms with Gasteiger partial charge in [0.05, 0.1) is 5.69 Å². The Bertz CT molecular complexity index is 985. The molecule has 0 radical (unpaired) electrons. The second-order valence-corrected chi connectivity index (χ2v) is 6.96. The van der Waals surface area contributed by atoms with Crippen molar-refractivity contribution in [2.75, 3.05) is 0 Å². The van der Waals surface area contributed by atoms with E-state index in [0.717, 1.165) is 28.8 Å². The van der Waals surface area contributed by atoms with Crippen molar-refractivity contribution in [3.8, 4) is 11.4 Å². The van der Waals surface area contributed by atoms with E-state index >= 15 is 0 Å². The van der Waals surface area contributed by atoms with Crippen LogP contribution >= 0.6 is 0 Å². The van der Waals surface area contributed by atoms with Crippen LogP contribution < -0.4 is 21.8 Å². The summed E-state index contributed by atoms with van der Waals surface area (Å²) in [5.41, 5.74) is -3.34. The van der Waals surface area contributed by atoms with Gasteiger partial charge in [0.25, 0.3) is 0 Å². The van der Waals surface area contributed by atoms with E-state index in [9.17, 15) is 31.9 Å². The molecule has 27 heavy (non-hydrogen) atoms. The van der Waals surface area contributed by atoms with Gasteiger partial charge in [0.1, 0.15) is 5.75 Å². The van der Waals surface area contributed by atoms with E-state index in [1.165, 1.54) is 0 Å². The predicted molar refractivity (Wildman–Crippen MR) is 88.0 cm³/mol. The highest BCUT2D eigenvalue weighted by atomic mass is 19.3. The van der Waals surface area contributed by atoms with Crippen LogP contribution in [0.5, 0.6) is 5.75 Å². The van der Waals surface area contributed by atoms with Crippen LogP contribution in [-0.2, 0) is 6.54 Å². The zero-order chi connectivity index (χ0) is 20.6. The Morgan fingerprint density at radius 1 is 1.04 bits per heavy atom. The molecule has 0 amide bonds. The van der Waals surface area contributed by atoms with Crippen molar-refractivity contribution in [1.82, 2.24) is 14.1 Å². The van der Waals surface area contributed by atoms with Crippen molar-refractivity contribution in [3.05, 3.63) is 55.7 Å². The zero-order valence-electron chi connectivity index (χ0n) is 14.6. The maximum absolute atomic E-state index is 12.9. The molecule has 1 aromatic carbocycles. The minimum absolute atomic E-state index is 0.0171. The third kappa shape index (κ3) is 4.66. The molecule has 1 aromatic heterocycles. The van der Waals surface area contributed by atoms with Crippen LogP contribution in [0.25, 0.3) is 5.69 Å². The highest BCUT2D eigenvalue weighted by Crippen LogP contribution is 2.27. The van der Waals surface area contributed by atoms with E-state index in [-0.39, 0.29) is 12.2 Å². The molecule has 0 spiro atoms. The summed E-state index contributed by atoms with van der Waals surface area (Å²) in [4.78, 5) is 38.5. The average molecular weight is 391 g/mol. The number of H-pyrrole nitrogens is 1. The van der Waals surface area contributed by atoms with Crippen LogP contribution in [0.15, 0.2) is 38.6 Å². The number of nitrogens with one attached hydrogen (secondary N) is 1. The molecule has 0 fully saturated rings. The molecular weight excluding hydrogens is 374 g/mol. The molecule has 1 heterocycles. The predicted octanol–water partition coefficient (Wildman–Crippen LogP) is 1.97. The number of benzene rings is 1. The minimum atomic E-state index is -4.68. The molecule has 0 aliphatic carbocycles. The van der Waals surface area contributed by atoms with Crippen molar-refractivity contribution in [2.45, 2.75) is 39.9 Å². The third-order valence-electron chi connectivity index (χ3n) is 3.32. The van der Waals surface area contributed by atoms with Gasteiger partial charge in [0, 0.05) is 6.54 Å². The van der Waals surface area contributed by atoms with Gasteiger partial charge in [-0.3, -0.25) is 4.98 Å². The van der Waals surface area contributed by atoms with Gasteiger partial charge < -0.3 is 4.74 Å². The fourth-order valence-corrected chi connectivity index (χ4v) is 2.22. The molecular formula is C16H17F4N3O4. The van der Waals surface area contributed by atoms with Gasteiger partial charge in [-0.15, -0.1) is 0 Å². The molecule has 7 nitrogen and oxygen atoms in total. The topological polar surface area (TPSA) is 86.1 Å². The van der Waals surface area contributed by atoms with Crippen LogP contribution in [0.1, 0.15) is 20.8 Å². The summed E-state index contributed by atoms with van der Waals surface area (Å²) in [5.74, 6) is -0.587. The van der Waals surface area contributed by atoms with Crippen molar-refractivity contribution in [3.63, 3.8) is 0 Å². The summed E-state index contributed by atoms with van der Waals surface area (Å²) < 4.78 is 55.5. The third-order valence-corrected chi connectivity index (χ3v) is 3.32. The summed E-state index contributed by atoms with van der Waals surface area (Å²) in [7, 11) is 0. The monoisotopic (exact) mass is 391 g/mol. The zero-order valence-corrected chi connectivity index (χ0v) is 14.6. The number of hydrogen-bond donors (Lipinski definition) is 1. The Morgan fingerprint density at radius 2 is 1.59 bits per heavy atom. The number of ether oxygens (including phenoxy) is 1. The van der Waals surface area contributed by atoms with Crippen LogP contribution in [0.4, 0.5) is 17.6 Å². The van der Waals surface area contributed by atoms with Gasteiger partial charge in [0.2, 0.25) is 0 Å². The lowest BCUT2D eigenvalue weighted by atomic mass is 9.97. The van der Waals surface area contributed by atoms with Crippen molar-refractivity contribution < 1.29 is 22.3 Å². The van der Waals surface area contributed by atoms with Crippen LogP contribution in [0, 0.1) is 5.41 Å². The standard InChI is InChI=1S/C16H17F4N3O4/c1-15(2,3)8-22-12(24)21-13(25)23(14(22)26)9-4-6-10(7-5-9)27-16(19,20)11(17)18/h4-7,11H,8H2,1-3H3,(H,21,24,25). The molecule has 0 aliphatic heterocycles. The van der Waals surface area contributed by atoms with E-state index in [4.69, 9.17) is 0 Å². The highest BCUT2D eigenvalue weighted by Gasteiger charge is 2.43. The van der Waals surface area contributed by atoms with Gasteiger partial charge in [-0.2, -0.15) is 17.6 Å². The first kappa shape index (κ1) is 20.5. The van der Waals surface area contributed by atoms with E-state index in [1.54, 1.807) is 20.8 Å². The molecule has 0 atom stereocenters. The first-order valence-electron chi connectivity index (χ1n) is 7.73. The summed E-state index contributed by atoms with van der Waals surface area (Å²) >= 11 is 0. The second kappa shape index (κ2) is 7.05. The number of aromatic nitrogens is 3. The minimum Gasteiger partial charge on any atom is -0.428 e. The highest BCUT2D eigenvalue weighted by molar-refractivity contribution is 5.37. The number of halogens is 4. The van der Waals surface area contributed by atoms with Crippen molar-refractivity contribution in [2.24, 2.45) is 5.41 Å². The first-order valence-corrected chi connectivity index (χ1v) is 7.73. The SMILES string of the molecule is CC(C)(C)Cn1c(=O)[nH]c(=O)n(-c2ccc(OC(F)(F)C(F)F)cc2)c1=O. The van der Waals surface area contributed by atoms with Gasteiger partial charge >= 0.3 is 29.6 Å². The van der Waals surface area contributed by atoms with Crippen LogP contribution in [0.3, 0.4) is 0 Å². The van der Waals surface area contributed by atoms with Gasteiger partial charge in [-0.05, 0) is 29.7 Å². The fraction of sp³-hybridized carbons (Fsp3) is 0.438. The van der Waals surface area contributed by atoms with Crippen LogP contribution in [-0.4, -0.2) is 26.7 Å². The lowest BCUT2D eigenvalue weighted by molar-refractivity contribution is -0.253. The first-order chi connectivity index (χ1) is 12.3. The van der Waals surface area contributed by atoms with Gasteiger partial charge in [0.15, 0.2) is 0 Å². The van der Waals surface area contributed by atoms with E-state index in [2.05, 4.69) is 4.74 Å². The Hall–Kier alpha value is -2.85. The number of hydrogen-bond acceptors (Lipinski definition) is 4. The Kier molecular flexibility index (Phi) is 5.34.